The number of ether oxygens (including phenoxy) is 1. The smallest absolute Gasteiger partial charge is 0.255 e. The highest BCUT2D eigenvalue weighted by atomic mass is 19.1. The summed E-state index contributed by atoms with van der Waals surface area (Å²) in [6, 6.07) is 10.1. The lowest BCUT2D eigenvalue weighted by atomic mass is 10.1. The number of carbonyl (C=O) groups excluding carboxylic acids is 1. The first-order chi connectivity index (χ1) is 11.5. The zero-order valence-corrected chi connectivity index (χ0v) is 13.7. The highest BCUT2D eigenvalue weighted by Gasteiger charge is 2.14. The normalized spacial score (nSPS) is 10.7. The standard InChI is InChI=1S/C18H18FN3O2/c1-22(2)18(23)14-10-20-17-8-11(4-6-13(14)17)21-16-7-5-12(24-3)9-15(16)19/h4-10,20-21H,1-3H3. The third kappa shape index (κ3) is 2.90. The van der Waals surface area contributed by atoms with E-state index in [9.17, 15) is 9.18 Å². The Morgan fingerprint density at radius 1 is 1.21 bits per heavy atom. The van der Waals surface area contributed by atoms with Gasteiger partial charge in [0.25, 0.3) is 5.91 Å². The van der Waals surface area contributed by atoms with Gasteiger partial charge in [0.15, 0.2) is 0 Å². The van der Waals surface area contributed by atoms with E-state index in [-0.39, 0.29) is 5.91 Å². The Morgan fingerprint density at radius 2 is 2.00 bits per heavy atom. The van der Waals surface area contributed by atoms with Crippen molar-refractivity contribution in [3.05, 3.63) is 54.0 Å². The molecule has 1 amide bonds. The molecule has 3 aromatic rings. The van der Waals surface area contributed by atoms with Gasteiger partial charge >= 0.3 is 0 Å². The third-order valence-corrected chi connectivity index (χ3v) is 3.77. The van der Waals surface area contributed by atoms with E-state index in [0.29, 0.717) is 17.0 Å². The molecule has 0 fully saturated rings. The number of anilines is 2. The minimum absolute atomic E-state index is 0.0665. The number of nitrogens with one attached hydrogen (secondary N) is 2. The number of aromatic amines is 1. The lowest BCUT2D eigenvalue weighted by Crippen LogP contribution is -2.21. The van der Waals surface area contributed by atoms with Gasteiger partial charge in [-0.2, -0.15) is 0 Å². The van der Waals surface area contributed by atoms with Crippen molar-refractivity contribution >= 4 is 28.2 Å². The Kier molecular flexibility index (Phi) is 4.12. The van der Waals surface area contributed by atoms with E-state index >= 15 is 0 Å². The van der Waals surface area contributed by atoms with E-state index in [2.05, 4.69) is 10.3 Å². The molecular formula is C18H18FN3O2. The monoisotopic (exact) mass is 327 g/mol. The fourth-order valence-electron chi connectivity index (χ4n) is 2.50. The number of methoxy groups -OCH3 is 1. The molecule has 0 saturated heterocycles. The molecular weight excluding hydrogens is 309 g/mol. The van der Waals surface area contributed by atoms with Crippen LogP contribution in [0.2, 0.25) is 0 Å². The van der Waals surface area contributed by atoms with Gasteiger partial charge in [-0.25, -0.2) is 4.39 Å². The number of hydrogen-bond donors (Lipinski definition) is 2. The van der Waals surface area contributed by atoms with Crippen LogP contribution in [-0.2, 0) is 0 Å². The van der Waals surface area contributed by atoms with Crippen molar-refractivity contribution in [1.29, 1.82) is 0 Å². The first kappa shape index (κ1) is 15.9. The van der Waals surface area contributed by atoms with Crippen molar-refractivity contribution in [2.24, 2.45) is 0 Å². The summed E-state index contributed by atoms with van der Waals surface area (Å²) in [6.45, 7) is 0. The molecule has 2 aromatic carbocycles. The predicted octanol–water partition coefficient (Wildman–Crippen LogP) is 3.76. The average Bonchev–Trinajstić information content (AvgIpc) is 2.99. The molecule has 24 heavy (non-hydrogen) atoms. The maximum Gasteiger partial charge on any atom is 0.255 e. The van der Waals surface area contributed by atoms with Crippen LogP contribution in [-0.4, -0.2) is 37.0 Å². The minimum atomic E-state index is -0.399. The number of H-pyrrole nitrogens is 1. The van der Waals surface area contributed by atoms with Gasteiger partial charge < -0.3 is 19.9 Å². The van der Waals surface area contributed by atoms with E-state index in [1.54, 1.807) is 32.4 Å². The average molecular weight is 327 g/mol. The Bertz CT molecular complexity index is 902. The molecule has 0 aliphatic carbocycles. The van der Waals surface area contributed by atoms with Crippen LogP contribution in [0.5, 0.6) is 5.75 Å². The van der Waals surface area contributed by atoms with Crippen LogP contribution in [0.15, 0.2) is 42.6 Å². The van der Waals surface area contributed by atoms with Crippen LogP contribution in [0.3, 0.4) is 0 Å². The Hall–Kier alpha value is -3.02. The van der Waals surface area contributed by atoms with Gasteiger partial charge in [-0.15, -0.1) is 0 Å². The van der Waals surface area contributed by atoms with Crippen molar-refractivity contribution in [2.75, 3.05) is 26.5 Å². The summed E-state index contributed by atoms with van der Waals surface area (Å²) in [5, 5.41) is 3.86. The van der Waals surface area contributed by atoms with Crippen LogP contribution >= 0.6 is 0 Å². The fourth-order valence-corrected chi connectivity index (χ4v) is 2.50. The van der Waals surface area contributed by atoms with Crippen LogP contribution in [0, 0.1) is 5.82 Å². The van der Waals surface area contributed by atoms with Gasteiger partial charge in [0, 0.05) is 42.9 Å². The maximum atomic E-state index is 14.0. The second kappa shape index (κ2) is 6.23. The molecule has 1 heterocycles. The molecule has 0 radical (unpaired) electrons. The zero-order chi connectivity index (χ0) is 17.3. The highest BCUT2D eigenvalue weighted by molar-refractivity contribution is 6.07. The Balaban J connectivity index is 1.91. The van der Waals surface area contributed by atoms with Crippen molar-refractivity contribution in [3.8, 4) is 5.75 Å². The summed E-state index contributed by atoms with van der Waals surface area (Å²) < 4.78 is 19.0. The number of hydrogen-bond acceptors (Lipinski definition) is 3. The fraction of sp³-hybridized carbons (Fsp3) is 0.167. The van der Waals surface area contributed by atoms with Gasteiger partial charge in [-0.05, 0) is 30.3 Å². The molecule has 0 spiro atoms. The van der Waals surface area contributed by atoms with Crippen LogP contribution in [0.1, 0.15) is 10.4 Å². The molecule has 0 bridgehead atoms. The summed E-state index contributed by atoms with van der Waals surface area (Å²) >= 11 is 0. The van der Waals surface area contributed by atoms with Crippen molar-refractivity contribution in [2.45, 2.75) is 0 Å². The van der Waals surface area contributed by atoms with E-state index < -0.39 is 5.82 Å². The number of fused-ring (bicyclic) bond motifs is 1. The summed E-state index contributed by atoms with van der Waals surface area (Å²) in [5.41, 5.74) is 2.49. The first-order valence-electron chi connectivity index (χ1n) is 7.43. The molecule has 5 nitrogen and oxygen atoms in total. The van der Waals surface area contributed by atoms with Crippen molar-refractivity contribution in [1.82, 2.24) is 9.88 Å². The second-order valence-corrected chi connectivity index (χ2v) is 5.63. The summed E-state index contributed by atoms with van der Waals surface area (Å²) in [5.74, 6) is -0.00252. The van der Waals surface area contributed by atoms with Gasteiger partial charge in [0.2, 0.25) is 0 Å². The Labute approximate surface area is 139 Å². The largest absolute Gasteiger partial charge is 0.497 e. The molecule has 124 valence electrons. The quantitative estimate of drug-likeness (QED) is 0.767. The maximum absolute atomic E-state index is 14.0. The van der Waals surface area contributed by atoms with E-state index in [1.807, 2.05) is 18.2 Å². The lowest BCUT2D eigenvalue weighted by molar-refractivity contribution is 0.0829. The molecule has 3 rings (SSSR count). The third-order valence-electron chi connectivity index (χ3n) is 3.77. The predicted molar refractivity (Wildman–Crippen MR) is 92.6 cm³/mol. The van der Waals surface area contributed by atoms with Crippen molar-refractivity contribution in [3.63, 3.8) is 0 Å². The summed E-state index contributed by atoms with van der Waals surface area (Å²) in [7, 11) is 4.92. The van der Waals surface area contributed by atoms with E-state index in [1.165, 1.54) is 18.1 Å². The van der Waals surface area contributed by atoms with Gasteiger partial charge in [0.05, 0.1) is 18.4 Å². The van der Waals surface area contributed by atoms with E-state index in [4.69, 9.17) is 4.74 Å². The highest BCUT2D eigenvalue weighted by Crippen LogP contribution is 2.27. The van der Waals surface area contributed by atoms with Crippen LogP contribution in [0.25, 0.3) is 10.9 Å². The second-order valence-electron chi connectivity index (χ2n) is 5.63. The minimum Gasteiger partial charge on any atom is -0.497 e. The van der Waals surface area contributed by atoms with Gasteiger partial charge in [0.1, 0.15) is 11.6 Å². The van der Waals surface area contributed by atoms with Crippen LogP contribution in [0.4, 0.5) is 15.8 Å². The lowest BCUT2D eigenvalue weighted by Gasteiger charge is -2.10. The molecule has 0 atom stereocenters. The number of amides is 1. The molecule has 0 unspecified atom stereocenters. The SMILES string of the molecule is COc1ccc(Nc2ccc3c(C(=O)N(C)C)c[nH]c3c2)c(F)c1. The summed E-state index contributed by atoms with van der Waals surface area (Å²) in [6.07, 6.45) is 1.69. The topological polar surface area (TPSA) is 57.4 Å². The molecule has 2 N–H and O–H groups in total. The molecule has 0 saturated carbocycles. The van der Waals surface area contributed by atoms with Gasteiger partial charge in [-0.1, -0.05) is 0 Å². The van der Waals surface area contributed by atoms with E-state index in [0.717, 1.165) is 16.6 Å². The zero-order valence-electron chi connectivity index (χ0n) is 13.7. The summed E-state index contributed by atoms with van der Waals surface area (Å²) in [4.78, 5) is 16.7. The first-order valence-corrected chi connectivity index (χ1v) is 7.43. The Morgan fingerprint density at radius 3 is 2.67 bits per heavy atom. The molecule has 6 heteroatoms. The van der Waals surface area contributed by atoms with Crippen LogP contribution < -0.4 is 10.1 Å². The molecule has 1 aromatic heterocycles. The number of aromatic nitrogens is 1. The van der Waals surface area contributed by atoms with Gasteiger partial charge in [-0.3, -0.25) is 4.79 Å². The number of carbonyl (C=O) groups is 1. The number of rotatable bonds is 4. The number of nitrogens with zero attached hydrogens (tertiary/aromatic N) is 1. The van der Waals surface area contributed by atoms with Crippen molar-refractivity contribution < 1.29 is 13.9 Å². The molecule has 0 aliphatic heterocycles. The number of halogens is 1. The molecule has 0 aliphatic rings. The number of benzene rings is 2.